The van der Waals surface area contributed by atoms with E-state index in [0.717, 1.165) is 17.1 Å². The van der Waals surface area contributed by atoms with Crippen LogP contribution in [0.3, 0.4) is 0 Å². The molecule has 0 radical (unpaired) electrons. The van der Waals surface area contributed by atoms with E-state index in [1.807, 2.05) is 31.4 Å². The first kappa shape index (κ1) is 28.4. The molecule has 0 fully saturated rings. The molecule has 0 unspecified atom stereocenters. The second-order valence-corrected chi connectivity index (χ2v) is 11.5. The lowest BCUT2D eigenvalue weighted by Crippen LogP contribution is -2.31. The maximum Gasteiger partial charge on any atom is 0.429 e. The fraction of sp³-hybridized carbons (Fsp3) is 0.286. The molecule has 2 aromatic heterocycles. The summed E-state index contributed by atoms with van der Waals surface area (Å²) in [6.07, 6.45) is 3.81. The number of aromatic nitrogens is 2. The van der Waals surface area contributed by atoms with Crippen molar-refractivity contribution in [2.24, 2.45) is 5.92 Å². The molecule has 39 heavy (non-hydrogen) atoms. The van der Waals surface area contributed by atoms with Gasteiger partial charge in [-0.3, -0.25) is 0 Å². The highest BCUT2D eigenvalue weighted by atomic mass is 32.2. The molecule has 0 spiro atoms. The van der Waals surface area contributed by atoms with Crippen LogP contribution in [0, 0.1) is 17.6 Å². The van der Waals surface area contributed by atoms with Gasteiger partial charge in [-0.2, -0.15) is 0 Å². The summed E-state index contributed by atoms with van der Waals surface area (Å²) in [4.78, 5) is 18.2. The number of aryl methyl sites for hydroxylation is 1. The van der Waals surface area contributed by atoms with E-state index in [0.29, 0.717) is 45.4 Å². The van der Waals surface area contributed by atoms with Gasteiger partial charge in [0.1, 0.15) is 17.5 Å². The number of benzene rings is 2. The Morgan fingerprint density at radius 1 is 1.13 bits per heavy atom. The van der Waals surface area contributed by atoms with E-state index in [1.165, 1.54) is 41.7 Å². The van der Waals surface area contributed by atoms with Crippen LogP contribution in [-0.4, -0.2) is 28.4 Å². The summed E-state index contributed by atoms with van der Waals surface area (Å²) in [7, 11) is -3.33. The maximum absolute atomic E-state index is 15.2. The first-order valence-electron chi connectivity index (χ1n) is 12.4. The number of carbonyl (C=O) groups excluding carboxylic acids is 1. The van der Waals surface area contributed by atoms with Gasteiger partial charge in [-0.25, -0.2) is 31.3 Å². The fourth-order valence-corrected chi connectivity index (χ4v) is 5.80. The van der Waals surface area contributed by atoms with Gasteiger partial charge in [0.05, 0.1) is 13.1 Å². The van der Waals surface area contributed by atoms with E-state index in [1.54, 1.807) is 24.5 Å². The Morgan fingerprint density at radius 3 is 2.51 bits per heavy atom. The number of hydrogen-bond donors (Lipinski definition) is 1. The molecule has 0 bridgehead atoms. The van der Waals surface area contributed by atoms with Gasteiger partial charge < -0.3 is 9.30 Å². The van der Waals surface area contributed by atoms with E-state index >= 15 is 4.39 Å². The van der Waals surface area contributed by atoms with Crippen LogP contribution in [0.15, 0.2) is 60.9 Å². The number of nitrogens with zero attached hydrogens (tertiary/aromatic N) is 3. The molecule has 0 saturated carbocycles. The quantitative estimate of drug-likeness (QED) is 0.228. The molecular formula is C28H29F2N3O4S2. The molecule has 4 aromatic rings. The number of halogens is 2. The Labute approximate surface area is 231 Å². The SMILES string of the molecule is CCc1nccn1Cc1ccc(-c2cc(CC(C)C)sc2OC(=O)N(Cc2ccc(F)cc2)[SH](=O)=O)cc1F. The van der Waals surface area contributed by atoms with Crippen molar-refractivity contribution in [2.45, 2.75) is 46.7 Å². The van der Waals surface area contributed by atoms with E-state index in [9.17, 15) is 17.6 Å². The van der Waals surface area contributed by atoms with Crippen molar-refractivity contribution in [1.29, 1.82) is 0 Å². The van der Waals surface area contributed by atoms with Crippen LogP contribution in [0.5, 0.6) is 5.06 Å². The molecule has 11 heteroatoms. The summed E-state index contributed by atoms with van der Waals surface area (Å²) < 4.78 is 60.3. The Morgan fingerprint density at radius 2 is 1.87 bits per heavy atom. The number of thiol groups is 1. The lowest BCUT2D eigenvalue weighted by Gasteiger charge is -2.16. The fourth-order valence-electron chi connectivity index (χ4n) is 4.11. The zero-order chi connectivity index (χ0) is 28.1. The van der Waals surface area contributed by atoms with Crippen LogP contribution in [0.2, 0.25) is 0 Å². The third-order valence-electron chi connectivity index (χ3n) is 6.01. The summed E-state index contributed by atoms with van der Waals surface area (Å²) >= 11 is 1.22. The number of carbonyl (C=O) groups is 1. The zero-order valence-corrected chi connectivity index (χ0v) is 23.5. The highest BCUT2D eigenvalue weighted by Crippen LogP contribution is 2.40. The van der Waals surface area contributed by atoms with E-state index in [2.05, 4.69) is 4.98 Å². The molecule has 1 amide bonds. The average Bonchev–Trinajstić information content (AvgIpc) is 3.50. The second kappa shape index (κ2) is 12.5. The number of hydrogen-bond acceptors (Lipinski definition) is 6. The normalized spacial score (nSPS) is 11.4. The summed E-state index contributed by atoms with van der Waals surface area (Å²) in [6, 6.07) is 11.8. The lowest BCUT2D eigenvalue weighted by molar-refractivity contribution is 0.180. The maximum atomic E-state index is 15.2. The summed E-state index contributed by atoms with van der Waals surface area (Å²) in [5.74, 6) is 0.269. The Bertz CT molecular complexity index is 1520. The van der Waals surface area contributed by atoms with E-state index < -0.39 is 28.6 Å². The van der Waals surface area contributed by atoms with Crippen molar-refractivity contribution < 1.29 is 26.7 Å². The lowest BCUT2D eigenvalue weighted by atomic mass is 10.0. The molecule has 0 saturated heterocycles. The monoisotopic (exact) mass is 573 g/mol. The Hall–Kier alpha value is -3.57. The van der Waals surface area contributed by atoms with E-state index in [-0.39, 0.29) is 11.6 Å². The number of ether oxygens (including phenoxy) is 1. The topological polar surface area (TPSA) is 81.5 Å². The molecule has 2 heterocycles. The average molecular weight is 574 g/mol. The predicted octanol–water partition coefficient (Wildman–Crippen LogP) is 6.23. The van der Waals surface area contributed by atoms with Gasteiger partial charge >= 0.3 is 6.09 Å². The van der Waals surface area contributed by atoms with Crippen LogP contribution < -0.4 is 4.74 Å². The van der Waals surface area contributed by atoms with Crippen molar-refractivity contribution in [3.8, 4) is 16.2 Å². The molecule has 2 aromatic carbocycles. The predicted molar refractivity (Wildman–Crippen MR) is 147 cm³/mol. The smallest absolute Gasteiger partial charge is 0.398 e. The summed E-state index contributed by atoms with van der Waals surface area (Å²) in [5.41, 5.74) is 1.90. The molecule has 0 aliphatic carbocycles. The molecule has 0 aliphatic heterocycles. The van der Waals surface area contributed by atoms with Gasteiger partial charge in [-0.05, 0) is 47.7 Å². The van der Waals surface area contributed by atoms with Gasteiger partial charge in [0, 0.05) is 34.8 Å². The first-order chi connectivity index (χ1) is 18.6. The number of imidazole rings is 1. The third kappa shape index (κ3) is 7.10. The number of thiophene rings is 1. The summed E-state index contributed by atoms with van der Waals surface area (Å²) in [5, 5.41) is 0.173. The van der Waals surface area contributed by atoms with Gasteiger partial charge in [-0.15, -0.1) is 11.3 Å². The highest BCUT2D eigenvalue weighted by molar-refractivity contribution is 7.70. The molecule has 0 aliphatic rings. The standard InChI is InChI=1S/C28H29F2N3O4S2/c1-4-26-31-11-12-32(26)17-21-8-7-20(14-25(21)30)24-15-23(13-18(2)3)38-27(24)37-28(34)33(39(35)36)16-19-5-9-22(29)10-6-19/h5-12,14-15,18,39H,4,13,16-17H2,1-3H3. The molecule has 206 valence electrons. The minimum Gasteiger partial charge on any atom is -0.398 e. The molecule has 4 rings (SSSR count). The molecule has 7 nitrogen and oxygen atoms in total. The zero-order valence-electron chi connectivity index (χ0n) is 21.8. The Kier molecular flexibility index (Phi) is 9.13. The number of amides is 1. The van der Waals surface area contributed by atoms with Crippen LogP contribution in [0.25, 0.3) is 11.1 Å². The van der Waals surface area contributed by atoms with Crippen LogP contribution in [-0.2, 0) is 36.8 Å². The minimum absolute atomic E-state index is 0.173. The molecule has 0 atom stereocenters. The Balaban J connectivity index is 1.62. The van der Waals surface area contributed by atoms with E-state index in [4.69, 9.17) is 4.74 Å². The van der Waals surface area contributed by atoms with Crippen LogP contribution in [0.4, 0.5) is 13.6 Å². The van der Waals surface area contributed by atoms with Gasteiger partial charge in [-0.1, -0.05) is 45.0 Å². The second-order valence-electron chi connectivity index (χ2n) is 9.43. The van der Waals surface area contributed by atoms with Crippen LogP contribution >= 0.6 is 11.3 Å². The highest BCUT2D eigenvalue weighted by Gasteiger charge is 2.23. The van der Waals surface area contributed by atoms with Gasteiger partial charge in [0.25, 0.3) is 0 Å². The largest absolute Gasteiger partial charge is 0.429 e. The van der Waals surface area contributed by atoms with Crippen LogP contribution in [0.1, 0.15) is 42.6 Å². The minimum atomic E-state index is -3.33. The first-order valence-corrected chi connectivity index (χ1v) is 14.4. The molecular weight excluding hydrogens is 544 g/mol. The van der Waals surface area contributed by atoms with Crippen molar-refractivity contribution in [3.05, 3.63) is 94.4 Å². The van der Waals surface area contributed by atoms with Crippen molar-refractivity contribution >= 4 is 28.3 Å². The van der Waals surface area contributed by atoms with Gasteiger partial charge in [0.2, 0.25) is 10.9 Å². The summed E-state index contributed by atoms with van der Waals surface area (Å²) in [6.45, 7) is 6.10. The van der Waals surface area contributed by atoms with Crippen molar-refractivity contribution in [1.82, 2.24) is 13.9 Å². The third-order valence-corrected chi connectivity index (χ3v) is 7.75. The van der Waals surface area contributed by atoms with Crippen molar-refractivity contribution in [2.75, 3.05) is 0 Å². The number of rotatable bonds is 10. The molecule has 0 N–H and O–H groups in total. The van der Waals surface area contributed by atoms with Crippen molar-refractivity contribution in [3.63, 3.8) is 0 Å². The van der Waals surface area contributed by atoms with Gasteiger partial charge in [0.15, 0.2) is 5.06 Å².